The fourth-order valence-corrected chi connectivity index (χ4v) is 10.5. The summed E-state index contributed by atoms with van der Waals surface area (Å²) in [5.74, 6) is 0. The minimum Gasteiger partial charge on any atom is -0.455 e. The predicted octanol–water partition coefficient (Wildman–Crippen LogP) is 15.1. The molecule has 0 bridgehead atoms. The van der Waals surface area contributed by atoms with Crippen molar-refractivity contribution in [2.24, 2.45) is 0 Å². The number of hydrogen-bond donors (Lipinski definition) is 0. The average Bonchev–Trinajstić information content (AvgIpc) is 3.91. The van der Waals surface area contributed by atoms with E-state index in [-0.39, 0.29) is 5.41 Å². The van der Waals surface area contributed by atoms with E-state index in [9.17, 15) is 0 Å². The van der Waals surface area contributed by atoms with Gasteiger partial charge in [-0.25, -0.2) is 0 Å². The Morgan fingerprint density at radius 3 is 1.83 bits per heavy atom. The molecule has 288 valence electrons. The van der Waals surface area contributed by atoms with E-state index in [2.05, 4.69) is 232 Å². The van der Waals surface area contributed by atoms with Crippen LogP contribution in [-0.4, -0.2) is 6.54 Å². The molecule has 0 atom stereocenters. The van der Waals surface area contributed by atoms with Crippen LogP contribution in [0, 0.1) is 0 Å². The lowest BCUT2D eigenvalue weighted by Gasteiger charge is -2.34. The molecule has 1 aromatic heterocycles. The molecule has 0 saturated heterocycles. The summed E-state index contributed by atoms with van der Waals surface area (Å²) in [5, 5.41) is 2.27. The maximum absolute atomic E-state index is 6.92. The molecule has 0 radical (unpaired) electrons. The van der Waals surface area contributed by atoms with Crippen LogP contribution in [0.2, 0.25) is 0 Å². The summed E-state index contributed by atoms with van der Waals surface area (Å²) < 4.78 is 6.92. The van der Waals surface area contributed by atoms with Crippen molar-refractivity contribution in [1.82, 2.24) is 0 Å². The molecule has 2 aliphatic carbocycles. The quantitative estimate of drug-likeness (QED) is 0.160. The third kappa shape index (κ3) is 5.34. The van der Waals surface area contributed by atoms with Gasteiger partial charge in [-0.15, -0.1) is 0 Å². The zero-order valence-corrected chi connectivity index (χ0v) is 34.2. The first-order chi connectivity index (χ1) is 29.5. The van der Waals surface area contributed by atoms with Crippen LogP contribution in [-0.2, 0) is 10.8 Å². The molecule has 1 heterocycles. The number of furan rings is 1. The third-order valence-corrected chi connectivity index (χ3v) is 13.3. The molecule has 0 unspecified atom stereocenters. The molecule has 0 fully saturated rings. The number of rotatable bonds is 7. The fourth-order valence-electron chi connectivity index (χ4n) is 10.5. The van der Waals surface area contributed by atoms with E-state index in [1.165, 1.54) is 61.2 Å². The van der Waals surface area contributed by atoms with E-state index >= 15 is 0 Å². The Balaban J connectivity index is 1.15. The molecule has 11 rings (SSSR count). The van der Waals surface area contributed by atoms with Crippen LogP contribution in [0.1, 0.15) is 54.2 Å². The Hall–Kier alpha value is -7.16. The first-order valence-corrected chi connectivity index (χ1v) is 21.1. The lowest BCUT2D eigenvalue weighted by atomic mass is 9.67. The molecule has 8 aromatic carbocycles. The number of nitrogens with zero attached hydrogens (tertiary/aromatic N) is 1. The highest BCUT2D eigenvalue weighted by molar-refractivity contribution is 6.12. The predicted molar refractivity (Wildman–Crippen MR) is 251 cm³/mol. The van der Waals surface area contributed by atoms with E-state index < -0.39 is 5.41 Å². The highest BCUT2D eigenvalue weighted by atomic mass is 16.3. The Morgan fingerprint density at radius 2 is 1.12 bits per heavy atom. The largest absolute Gasteiger partial charge is 0.455 e. The van der Waals surface area contributed by atoms with Crippen molar-refractivity contribution in [3.8, 4) is 22.3 Å². The number of para-hydroxylation sites is 1. The van der Waals surface area contributed by atoms with Crippen molar-refractivity contribution in [3.05, 3.63) is 245 Å². The Morgan fingerprint density at radius 1 is 0.517 bits per heavy atom. The van der Waals surface area contributed by atoms with E-state index in [1.54, 1.807) is 0 Å². The summed E-state index contributed by atoms with van der Waals surface area (Å²) >= 11 is 0. The Labute approximate surface area is 352 Å². The molecular weight excluding hydrogens is 727 g/mol. The van der Waals surface area contributed by atoms with Crippen molar-refractivity contribution in [2.75, 3.05) is 11.4 Å². The summed E-state index contributed by atoms with van der Waals surface area (Å²) in [4.78, 5) is 2.48. The maximum atomic E-state index is 6.92. The van der Waals surface area contributed by atoms with Crippen molar-refractivity contribution in [3.63, 3.8) is 0 Å². The molecule has 0 spiro atoms. The van der Waals surface area contributed by atoms with Crippen LogP contribution < -0.4 is 4.90 Å². The van der Waals surface area contributed by atoms with Crippen LogP contribution >= 0.6 is 0 Å². The van der Waals surface area contributed by atoms with Crippen LogP contribution in [0.25, 0.3) is 49.8 Å². The van der Waals surface area contributed by atoms with Gasteiger partial charge in [0.25, 0.3) is 0 Å². The second-order valence-electron chi connectivity index (χ2n) is 16.7. The molecule has 0 amide bonds. The number of anilines is 2. The van der Waals surface area contributed by atoms with E-state index in [0.29, 0.717) is 6.54 Å². The first-order valence-electron chi connectivity index (χ1n) is 21.1. The van der Waals surface area contributed by atoms with E-state index in [4.69, 9.17) is 4.42 Å². The lowest BCUT2D eigenvalue weighted by molar-refractivity contribution is 0.658. The smallest absolute Gasteiger partial charge is 0.143 e. The summed E-state index contributed by atoms with van der Waals surface area (Å²) in [6.45, 7) is 7.59. The van der Waals surface area contributed by atoms with Gasteiger partial charge in [-0.05, 0) is 98.5 Å². The number of allylic oxidation sites excluding steroid dienone is 3. The van der Waals surface area contributed by atoms with Crippen molar-refractivity contribution in [2.45, 2.75) is 31.6 Å². The Bertz CT molecular complexity index is 3090. The van der Waals surface area contributed by atoms with Crippen molar-refractivity contribution in [1.29, 1.82) is 0 Å². The standard InChI is InChI=1S/C58H45NO/c1-4-45-46-24-14-16-26-50(46)57(2,3)51(45)36-37-59(43-30-28-40(29-31-43)39-18-8-5-9-19-39)44-32-34-52-49(38-44)55-53(35-33-48-47-25-15-17-27-54(47)60-56(48)55)58(52,41-20-10-6-11-21-41)42-22-12-7-13-23-42/h4-36,38H,37H2,1-3H3. The second kappa shape index (κ2) is 14.0. The minimum absolute atomic E-state index is 0.129. The monoisotopic (exact) mass is 771 g/mol. The van der Waals surface area contributed by atoms with Gasteiger partial charge in [0.15, 0.2) is 0 Å². The molecule has 0 saturated carbocycles. The fraction of sp³-hybridized carbons (Fsp3) is 0.103. The van der Waals surface area contributed by atoms with Gasteiger partial charge >= 0.3 is 0 Å². The average molecular weight is 772 g/mol. The first kappa shape index (κ1) is 36.0. The van der Waals surface area contributed by atoms with Gasteiger partial charge in [-0.3, -0.25) is 0 Å². The van der Waals surface area contributed by atoms with Crippen molar-refractivity contribution >= 4 is 38.9 Å². The van der Waals surface area contributed by atoms with Gasteiger partial charge in [0, 0.05) is 39.7 Å². The Kier molecular flexibility index (Phi) is 8.39. The van der Waals surface area contributed by atoms with E-state index in [0.717, 1.165) is 38.9 Å². The van der Waals surface area contributed by atoms with Crippen molar-refractivity contribution < 1.29 is 4.42 Å². The van der Waals surface area contributed by atoms with Crippen LogP contribution in [0.15, 0.2) is 216 Å². The third-order valence-electron chi connectivity index (χ3n) is 13.3. The SMILES string of the molecule is CC=C1C(=CCN(c2ccc(-c3ccccc3)cc2)c2ccc3c(c2)-c2c(ccc4c2oc2ccccc24)C3(c2ccccc2)c2ccccc2)C(C)(C)c2ccccc21. The molecular formula is C58H45NO. The molecule has 2 heteroatoms. The molecule has 0 aliphatic heterocycles. The molecule has 2 aliphatic rings. The highest BCUT2D eigenvalue weighted by Crippen LogP contribution is 2.59. The van der Waals surface area contributed by atoms with Gasteiger partial charge in [-0.2, -0.15) is 0 Å². The van der Waals surface area contributed by atoms with Crippen LogP contribution in [0.3, 0.4) is 0 Å². The van der Waals surface area contributed by atoms with Gasteiger partial charge < -0.3 is 9.32 Å². The second-order valence-corrected chi connectivity index (χ2v) is 16.7. The lowest BCUT2D eigenvalue weighted by Crippen LogP contribution is -2.28. The summed E-state index contributed by atoms with van der Waals surface area (Å²) in [7, 11) is 0. The molecule has 60 heavy (non-hydrogen) atoms. The topological polar surface area (TPSA) is 16.4 Å². The summed E-state index contributed by atoms with van der Waals surface area (Å²) in [5.41, 5.74) is 18.6. The molecule has 0 N–H and O–H groups in total. The normalized spacial score (nSPS) is 16.0. The molecule has 9 aromatic rings. The zero-order chi connectivity index (χ0) is 40.4. The zero-order valence-electron chi connectivity index (χ0n) is 34.2. The molecule has 2 nitrogen and oxygen atoms in total. The van der Waals surface area contributed by atoms with Gasteiger partial charge in [0.1, 0.15) is 11.2 Å². The van der Waals surface area contributed by atoms with Gasteiger partial charge in [-0.1, -0.05) is 190 Å². The summed E-state index contributed by atoms with van der Waals surface area (Å²) in [6.07, 6.45) is 4.76. The van der Waals surface area contributed by atoms with Gasteiger partial charge in [0.2, 0.25) is 0 Å². The highest BCUT2D eigenvalue weighted by Gasteiger charge is 2.47. The minimum atomic E-state index is -0.552. The maximum Gasteiger partial charge on any atom is 0.143 e. The number of fused-ring (bicyclic) bond motifs is 8. The number of benzene rings is 8. The van der Waals surface area contributed by atoms with E-state index in [1.807, 2.05) is 0 Å². The summed E-state index contributed by atoms with van der Waals surface area (Å²) in [6, 6.07) is 70.9. The van der Waals surface area contributed by atoms with Crippen LogP contribution in [0.5, 0.6) is 0 Å². The van der Waals surface area contributed by atoms with Gasteiger partial charge in [0.05, 0.1) is 5.41 Å². The van der Waals surface area contributed by atoms with Crippen LogP contribution in [0.4, 0.5) is 11.4 Å². The number of hydrogen-bond acceptors (Lipinski definition) is 2.